The van der Waals surface area contributed by atoms with Gasteiger partial charge in [0.25, 0.3) is 0 Å². The van der Waals surface area contributed by atoms with E-state index in [1.54, 1.807) is 24.3 Å². The highest BCUT2D eigenvalue weighted by Gasteiger charge is 2.16. The average molecular weight is 300 g/mol. The third kappa shape index (κ3) is 4.15. The second-order valence-corrected chi connectivity index (χ2v) is 4.79. The van der Waals surface area contributed by atoms with Crippen LogP contribution in [-0.4, -0.2) is 18.4 Å². The van der Waals surface area contributed by atoms with Crippen LogP contribution in [0.4, 0.5) is 15.8 Å². The van der Waals surface area contributed by atoms with Crippen LogP contribution >= 0.6 is 0 Å². The molecule has 22 heavy (non-hydrogen) atoms. The Hall–Kier alpha value is -2.69. The molecule has 0 spiro atoms. The zero-order valence-corrected chi connectivity index (χ0v) is 12.3. The minimum atomic E-state index is -0.485. The highest BCUT2D eigenvalue weighted by molar-refractivity contribution is 5.94. The van der Waals surface area contributed by atoms with Gasteiger partial charge in [-0.15, -0.1) is 0 Å². The van der Waals surface area contributed by atoms with Crippen LogP contribution in [0.15, 0.2) is 54.6 Å². The fourth-order valence-corrected chi connectivity index (χ4v) is 2.08. The molecular formula is C17H17FN2O2. The molecule has 0 bridgehead atoms. The average Bonchev–Trinajstić information content (AvgIpc) is 2.50. The number of hydrogen-bond acceptors (Lipinski definition) is 2. The topological polar surface area (TPSA) is 49.4 Å². The van der Waals surface area contributed by atoms with Gasteiger partial charge in [0.2, 0.25) is 11.8 Å². The molecule has 1 N–H and O–H groups in total. The third-order valence-corrected chi connectivity index (χ3v) is 3.14. The fourth-order valence-electron chi connectivity index (χ4n) is 2.08. The number of carbonyl (C=O) groups is 2. The van der Waals surface area contributed by atoms with E-state index in [0.29, 0.717) is 5.69 Å². The van der Waals surface area contributed by atoms with Crippen molar-refractivity contribution in [1.29, 1.82) is 0 Å². The Labute approximate surface area is 128 Å². The van der Waals surface area contributed by atoms with E-state index in [2.05, 4.69) is 5.32 Å². The van der Waals surface area contributed by atoms with Crippen LogP contribution in [0.3, 0.4) is 0 Å². The molecule has 2 amide bonds. The van der Waals surface area contributed by atoms with Gasteiger partial charge in [0.05, 0.1) is 5.69 Å². The summed E-state index contributed by atoms with van der Waals surface area (Å²) in [5, 5.41) is 2.73. The molecule has 0 radical (unpaired) electrons. The van der Waals surface area contributed by atoms with E-state index in [1.165, 1.54) is 24.0 Å². The maximum absolute atomic E-state index is 13.8. The smallest absolute Gasteiger partial charge is 0.226 e. The van der Waals surface area contributed by atoms with Gasteiger partial charge in [0.15, 0.2) is 0 Å². The number of nitrogens with one attached hydrogen (secondary N) is 1. The lowest BCUT2D eigenvalue weighted by Crippen LogP contribution is -2.32. The number of nitrogens with zero attached hydrogens (tertiary/aromatic N) is 1. The summed E-state index contributed by atoms with van der Waals surface area (Å²) < 4.78 is 13.8. The monoisotopic (exact) mass is 300 g/mol. The van der Waals surface area contributed by atoms with Crippen molar-refractivity contribution >= 4 is 23.2 Å². The summed E-state index contributed by atoms with van der Waals surface area (Å²) in [5.41, 5.74) is 0.871. The second-order valence-electron chi connectivity index (χ2n) is 4.79. The quantitative estimate of drug-likeness (QED) is 0.921. The Kier molecular flexibility index (Phi) is 5.25. The zero-order valence-electron chi connectivity index (χ0n) is 12.3. The maximum Gasteiger partial charge on any atom is 0.226 e. The molecule has 0 atom stereocenters. The number of benzene rings is 2. The van der Waals surface area contributed by atoms with Crippen LogP contribution in [0.25, 0.3) is 0 Å². The molecule has 0 fully saturated rings. The van der Waals surface area contributed by atoms with Crippen molar-refractivity contribution < 1.29 is 14.0 Å². The summed E-state index contributed by atoms with van der Waals surface area (Å²) in [4.78, 5) is 24.9. The predicted molar refractivity (Wildman–Crippen MR) is 84.1 cm³/mol. The normalized spacial score (nSPS) is 10.1. The Morgan fingerprint density at radius 2 is 1.68 bits per heavy atom. The summed E-state index contributed by atoms with van der Waals surface area (Å²) in [6, 6.07) is 15.0. The standard InChI is InChI=1S/C17H17FN2O2/c1-13(21)20(16-10-6-5-9-15(16)18)12-11-17(22)19-14-7-3-2-4-8-14/h2-10H,11-12H2,1H3,(H,19,22). The first-order chi connectivity index (χ1) is 10.6. The largest absolute Gasteiger partial charge is 0.326 e. The van der Waals surface area contributed by atoms with Crippen molar-refractivity contribution in [1.82, 2.24) is 0 Å². The van der Waals surface area contributed by atoms with Crippen molar-refractivity contribution in [3.63, 3.8) is 0 Å². The van der Waals surface area contributed by atoms with Gasteiger partial charge >= 0.3 is 0 Å². The van der Waals surface area contributed by atoms with Crippen LogP contribution in [0, 0.1) is 5.82 Å². The first kappa shape index (κ1) is 15.7. The lowest BCUT2D eigenvalue weighted by Gasteiger charge is -2.21. The zero-order chi connectivity index (χ0) is 15.9. The molecule has 0 aliphatic carbocycles. The number of anilines is 2. The molecule has 5 heteroatoms. The molecule has 0 aliphatic rings. The highest BCUT2D eigenvalue weighted by atomic mass is 19.1. The second kappa shape index (κ2) is 7.36. The van der Waals surface area contributed by atoms with E-state index in [4.69, 9.17) is 0 Å². The van der Waals surface area contributed by atoms with E-state index in [9.17, 15) is 14.0 Å². The Balaban J connectivity index is 1.99. The molecule has 0 aromatic heterocycles. The summed E-state index contributed by atoms with van der Waals surface area (Å²) in [5.74, 6) is -1.02. The van der Waals surface area contributed by atoms with E-state index in [0.717, 1.165) is 0 Å². The van der Waals surface area contributed by atoms with Crippen molar-refractivity contribution in [3.8, 4) is 0 Å². The van der Waals surface area contributed by atoms with Crippen LogP contribution in [0.2, 0.25) is 0 Å². The predicted octanol–water partition coefficient (Wildman–Crippen LogP) is 3.21. The molecule has 2 aromatic carbocycles. The number of carbonyl (C=O) groups excluding carboxylic acids is 2. The van der Waals surface area contributed by atoms with Gasteiger partial charge in [0.1, 0.15) is 5.82 Å². The number of para-hydroxylation sites is 2. The van der Waals surface area contributed by atoms with Gasteiger partial charge in [-0.25, -0.2) is 4.39 Å². The van der Waals surface area contributed by atoms with Crippen LogP contribution in [0.1, 0.15) is 13.3 Å². The number of hydrogen-bond donors (Lipinski definition) is 1. The van der Waals surface area contributed by atoms with E-state index < -0.39 is 5.82 Å². The van der Waals surface area contributed by atoms with Crippen molar-refractivity contribution in [3.05, 3.63) is 60.4 Å². The van der Waals surface area contributed by atoms with Crippen molar-refractivity contribution in [2.75, 3.05) is 16.8 Å². The van der Waals surface area contributed by atoms with Gasteiger partial charge < -0.3 is 10.2 Å². The maximum atomic E-state index is 13.8. The lowest BCUT2D eigenvalue weighted by atomic mass is 10.2. The molecule has 4 nitrogen and oxygen atoms in total. The van der Waals surface area contributed by atoms with Crippen LogP contribution in [0.5, 0.6) is 0 Å². The molecule has 2 aromatic rings. The molecule has 0 heterocycles. The minimum absolute atomic E-state index is 0.0861. The molecule has 114 valence electrons. The molecule has 0 unspecified atom stereocenters. The SMILES string of the molecule is CC(=O)N(CCC(=O)Nc1ccccc1)c1ccccc1F. The molecule has 2 rings (SSSR count). The van der Waals surface area contributed by atoms with Crippen LogP contribution in [-0.2, 0) is 9.59 Å². The molecule has 0 aliphatic heterocycles. The lowest BCUT2D eigenvalue weighted by molar-refractivity contribution is -0.117. The van der Waals surface area contributed by atoms with Gasteiger partial charge in [-0.3, -0.25) is 9.59 Å². The Morgan fingerprint density at radius 1 is 1.05 bits per heavy atom. The summed E-state index contributed by atoms with van der Waals surface area (Å²) in [7, 11) is 0. The minimum Gasteiger partial charge on any atom is -0.326 e. The summed E-state index contributed by atoms with van der Waals surface area (Å²) in [6.07, 6.45) is 0.0861. The first-order valence-electron chi connectivity index (χ1n) is 6.95. The van der Waals surface area contributed by atoms with Gasteiger partial charge in [-0.2, -0.15) is 0 Å². The van der Waals surface area contributed by atoms with Crippen molar-refractivity contribution in [2.45, 2.75) is 13.3 Å². The number of halogens is 1. The van der Waals surface area contributed by atoms with E-state index >= 15 is 0 Å². The number of amides is 2. The van der Waals surface area contributed by atoms with Gasteiger partial charge in [-0.1, -0.05) is 30.3 Å². The summed E-state index contributed by atoms with van der Waals surface area (Å²) in [6.45, 7) is 1.47. The molecular weight excluding hydrogens is 283 g/mol. The van der Waals surface area contributed by atoms with Crippen LogP contribution < -0.4 is 10.2 Å². The Bertz CT molecular complexity index is 659. The highest BCUT2D eigenvalue weighted by Crippen LogP contribution is 2.19. The number of rotatable bonds is 5. The van der Waals surface area contributed by atoms with Gasteiger partial charge in [-0.05, 0) is 24.3 Å². The summed E-state index contributed by atoms with van der Waals surface area (Å²) >= 11 is 0. The first-order valence-corrected chi connectivity index (χ1v) is 6.95. The van der Waals surface area contributed by atoms with E-state index in [-0.39, 0.29) is 30.5 Å². The van der Waals surface area contributed by atoms with E-state index in [1.807, 2.05) is 18.2 Å². The molecule has 0 saturated carbocycles. The van der Waals surface area contributed by atoms with Crippen molar-refractivity contribution in [2.24, 2.45) is 0 Å². The van der Waals surface area contributed by atoms with Gasteiger partial charge in [0, 0.05) is 25.6 Å². The molecule has 0 saturated heterocycles. The Morgan fingerprint density at radius 3 is 2.32 bits per heavy atom. The fraction of sp³-hybridized carbons (Fsp3) is 0.176. The third-order valence-electron chi connectivity index (χ3n) is 3.14.